The number of benzene rings is 1. The van der Waals surface area contributed by atoms with Crippen LogP contribution in [0.25, 0.3) is 0 Å². The molecular formula is C14H17O+. The van der Waals surface area contributed by atoms with Gasteiger partial charge in [-0.1, -0.05) is 6.42 Å². The molecule has 1 aromatic rings. The van der Waals surface area contributed by atoms with E-state index in [-0.39, 0.29) is 0 Å². The van der Waals surface area contributed by atoms with Gasteiger partial charge in [-0.15, -0.1) is 0 Å². The Morgan fingerprint density at radius 2 is 1.67 bits per heavy atom. The first kappa shape index (κ1) is 10.2. The quantitative estimate of drug-likeness (QED) is 0.662. The molecule has 0 unspecified atom stereocenters. The zero-order valence-corrected chi connectivity index (χ0v) is 9.25. The van der Waals surface area contributed by atoms with Crippen molar-refractivity contribution in [1.29, 1.82) is 0 Å². The predicted octanol–water partition coefficient (Wildman–Crippen LogP) is 3.74. The van der Waals surface area contributed by atoms with E-state index in [1.54, 1.807) is 7.11 Å². The van der Waals surface area contributed by atoms with Gasteiger partial charge in [-0.05, 0) is 25.7 Å². The highest BCUT2D eigenvalue weighted by atomic mass is 16.5. The lowest BCUT2D eigenvalue weighted by Crippen LogP contribution is -1.94. The van der Waals surface area contributed by atoms with Crippen molar-refractivity contribution >= 4 is 0 Å². The third-order valence-corrected chi connectivity index (χ3v) is 2.87. The molecule has 1 fully saturated rings. The Morgan fingerprint density at radius 3 is 2.27 bits per heavy atom. The van der Waals surface area contributed by atoms with Crippen LogP contribution in [0.15, 0.2) is 29.8 Å². The van der Waals surface area contributed by atoms with Crippen molar-refractivity contribution in [2.24, 2.45) is 0 Å². The summed E-state index contributed by atoms with van der Waals surface area (Å²) in [6.45, 7) is 0. The average Bonchev–Trinajstić information content (AvgIpc) is 2.31. The van der Waals surface area contributed by atoms with Gasteiger partial charge in [-0.3, -0.25) is 0 Å². The lowest BCUT2D eigenvalue weighted by molar-refractivity contribution is 0.414. The zero-order chi connectivity index (χ0) is 10.5. The maximum Gasteiger partial charge on any atom is 0.188 e. The van der Waals surface area contributed by atoms with Gasteiger partial charge in [0, 0.05) is 23.8 Å². The van der Waals surface area contributed by atoms with Crippen LogP contribution in [0.2, 0.25) is 0 Å². The third kappa shape index (κ3) is 2.81. The van der Waals surface area contributed by atoms with Gasteiger partial charge in [0.15, 0.2) is 5.56 Å². The summed E-state index contributed by atoms with van der Waals surface area (Å²) in [4.78, 5) is 0. The molecule has 2 rings (SSSR count). The van der Waals surface area contributed by atoms with Crippen LogP contribution in [0.1, 0.15) is 37.7 Å². The van der Waals surface area contributed by atoms with Crippen molar-refractivity contribution in [2.45, 2.75) is 32.1 Å². The summed E-state index contributed by atoms with van der Waals surface area (Å²) < 4.78 is 5.12. The lowest BCUT2D eigenvalue weighted by atomic mass is 9.93. The molecule has 0 bridgehead atoms. The van der Waals surface area contributed by atoms with Crippen LogP contribution < -0.4 is 4.74 Å². The molecule has 0 spiro atoms. The number of hydrogen-bond donors (Lipinski definition) is 0. The van der Waals surface area contributed by atoms with Crippen molar-refractivity contribution in [2.75, 3.05) is 7.11 Å². The van der Waals surface area contributed by atoms with Crippen LogP contribution in [0, 0.1) is 6.08 Å². The van der Waals surface area contributed by atoms with Crippen LogP contribution in [0.3, 0.4) is 0 Å². The first-order chi connectivity index (χ1) is 7.38. The molecule has 0 heterocycles. The van der Waals surface area contributed by atoms with Crippen LogP contribution in [-0.4, -0.2) is 7.11 Å². The molecule has 1 aromatic carbocycles. The molecule has 0 amide bonds. The molecule has 0 radical (unpaired) electrons. The fraction of sp³-hybridized carbons (Fsp3) is 0.429. The maximum absolute atomic E-state index is 5.12. The van der Waals surface area contributed by atoms with E-state index in [0.717, 1.165) is 5.75 Å². The molecule has 78 valence electrons. The summed E-state index contributed by atoms with van der Waals surface area (Å²) in [7, 11) is 1.69. The first-order valence-electron chi connectivity index (χ1n) is 5.64. The summed E-state index contributed by atoms with van der Waals surface area (Å²) in [5.41, 5.74) is 2.65. The highest BCUT2D eigenvalue weighted by Crippen LogP contribution is 2.24. The minimum Gasteiger partial charge on any atom is -0.494 e. The fourth-order valence-electron chi connectivity index (χ4n) is 1.98. The minimum atomic E-state index is 0.911. The standard InChI is InChI=1S/C14H17O/c1-15-14-9-7-13(8-10-14)11-12-5-3-2-4-6-12/h7-10H,2-6H2,1H3/q+1. The molecule has 0 aliphatic heterocycles. The number of hydrogen-bond acceptors (Lipinski definition) is 1. The first-order valence-corrected chi connectivity index (χ1v) is 5.64. The summed E-state index contributed by atoms with van der Waals surface area (Å²) in [6.07, 6.45) is 10.00. The molecule has 15 heavy (non-hydrogen) atoms. The SMILES string of the molecule is COc1ccc([C+]=C2CCCCC2)cc1. The molecule has 1 aliphatic carbocycles. The normalized spacial score (nSPS) is 15.9. The van der Waals surface area contributed by atoms with E-state index >= 15 is 0 Å². The summed E-state index contributed by atoms with van der Waals surface area (Å²) in [5.74, 6) is 0.911. The van der Waals surface area contributed by atoms with Crippen LogP contribution >= 0.6 is 0 Å². The summed E-state index contributed by atoms with van der Waals surface area (Å²) >= 11 is 0. The number of ether oxygens (including phenoxy) is 1. The molecule has 1 heteroatoms. The van der Waals surface area contributed by atoms with Gasteiger partial charge in [0.2, 0.25) is 0 Å². The molecule has 1 saturated carbocycles. The van der Waals surface area contributed by atoms with Crippen LogP contribution in [0.5, 0.6) is 5.75 Å². The second kappa shape index (κ2) is 4.95. The van der Waals surface area contributed by atoms with Crippen LogP contribution in [-0.2, 0) is 0 Å². The van der Waals surface area contributed by atoms with Gasteiger partial charge in [0.25, 0.3) is 0 Å². The molecule has 0 N–H and O–H groups in total. The highest BCUT2D eigenvalue weighted by molar-refractivity contribution is 5.32. The van der Waals surface area contributed by atoms with E-state index < -0.39 is 0 Å². The topological polar surface area (TPSA) is 9.23 Å². The second-order valence-electron chi connectivity index (χ2n) is 4.02. The van der Waals surface area contributed by atoms with E-state index in [4.69, 9.17) is 4.74 Å². The Morgan fingerprint density at radius 1 is 1.00 bits per heavy atom. The van der Waals surface area contributed by atoms with E-state index in [9.17, 15) is 0 Å². The Hall–Kier alpha value is -1.33. The Kier molecular flexibility index (Phi) is 3.37. The Bertz CT molecular complexity index is 327. The smallest absolute Gasteiger partial charge is 0.188 e. The predicted molar refractivity (Wildman–Crippen MR) is 61.9 cm³/mol. The van der Waals surface area contributed by atoms with E-state index in [1.165, 1.54) is 43.2 Å². The largest absolute Gasteiger partial charge is 0.494 e. The van der Waals surface area contributed by atoms with E-state index in [1.807, 2.05) is 12.1 Å². The summed E-state index contributed by atoms with van der Waals surface area (Å²) in [6, 6.07) is 8.12. The average molecular weight is 201 g/mol. The molecule has 1 nitrogen and oxygen atoms in total. The molecule has 0 atom stereocenters. The van der Waals surface area contributed by atoms with Gasteiger partial charge in [-0.2, -0.15) is 0 Å². The monoisotopic (exact) mass is 201 g/mol. The van der Waals surface area contributed by atoms with Gasteiger partial charge < -0.3 is 4.74 Å². The van der Waals surface area contributed by atoms with Crippen molar-refractivity contribution < 1.29 is 4.74 Å². The third-order valence-electron chi connectivity index (χ3n) is 2.87. The number of rotatable bonds is 2. The van der Waals surface area contributed by atoms with Gasteiger partial charge >= 0.3 is 0 Å². The highest BCUT2D eigenvalue weighted by Gasteiger charge is 2.10. The van der Waals surface area contributed by atoms with Gasteiger partial charge in [0.1, 0.15) is 5.75 Å². The van der Waals surface area contributed by atoms with Crippen molar-refractivity contribution in [3.63, 3.8) is 0 Å². The van der Waals surface area contributed by atoms with Gasteiger partial charge in [-0.25, -0.2) is 0 Å². The lowest BCUT2D eigenvalue weighted by Gasteiger charge is -2.08. The molecular weight excluding hydrogens is 184 g/mol. The minimum absolute atomic E-state index is 0.911. The van der Waals surface area contributed by atoms with Gasteiger partial charge in [0.05, 0.1) is 19.2 Å². The Balaban J connectivity index is 2.08. The maximum atomic E-state index is 5.12. The Labute approximate surface area is 91.8 Å². The number of methoxy groups -OCH3 is 1. The van der Waals surface area contributed by atoms with Crippen molar-refractivity contribution in [3.8, 4) is 5.75 Å². The number of allylic oxidation sites excluding steroid dienone is 1. The second-order valence-corrected chi connectivity index (χ2v) is 4.02. The van der Waals surface area contributed by atoms with Crippen molar-refractivity contribution in [1.82, 2.24) is 0 Å². The van der Waals surface area contributed by atoms with Crippen LogP contribution in [0.4, 0.5) is 0 Å². The summed E-state index contributed by atoms with van der Waals surface area (Å²) in [5, 5.41) is 0. The zero-order valence-electron chi connectivity index (χ0n) is 9.25. The fourth-order valence-corrected chi connectivity index (χ4v) is 1.98. The molecule has 0 saturated heterocycles. The molecule has 1 aliphatic rings. The van der Waals surface area contributed by atoms with E-state index in [2.05, 4.69) is 18.2 Å². The molecule has 0 aromatic heterocycles. The van der Waals surface area contributed by atoms with E-state index in [0.29, 0.717) is 0 Å². The van der Waals surface area contributed by atoms with Crippen molar-refractivity contribution in [3.05, 3.63) is 41.5 Å².